The zero-order valence-electron chi connectivity index (χ0n) is 14.3. The molecule has 0 N–H and O–H groups in total. The molecular weight excluding hydrogens is 411 g/mol. The molecule has 1 aromatic carbocycles. The predicted molar refractivity (Wildman–Crippen MR) is 110 cm³/mol. The van der Waals surface area contributed by atoms with Crippen molar-refractivity contribution in [3.05, 3.63) is 56.8 Å². The molecule has 0 radical (unpaired) electrons. The fraction of sp³-hybridized carbons (Fsp3) is 0.368. The highest BCUT2D eigenvalue weighted by Gasteiger charge is 2.25. The van der Waals surface area contributed by atoms with E-state index in [2.05, 4.69) is 11.9 Å². The van der Waals surface area contributed by atoms with Gasteiger partial charge in [-0.3, -0.25) is 4.79 Å². The van der Waals surface area contributed by atoms with E-state index in [1.54, 1.807) is 18.2 Å². The van der Waals surface area contributed by atoms with Crippen LogP contribution in [0.2, 0.25) is 15.1 Å². The lowest BCUT2D eigenvalue weighted by molar-refractivity contribution is 0.0629. The highest BCUT2D eigenvalue weighted by Crippen LogP contribution is 2.36. The summed E-state index contributed by atoms with van der Waals surface area (Å²) in [5.74, 6) is 0.602. The number of rotatable bonds is 4. The van der Waals surface area contributed by atoms with Gasteiger partial charge in [0.1, 0.15) is 5.69 Å². The van der Waals surface area contributed by atoms with Crippen molar-refractivity contribution in [3.63, 3.8) is 0 Å². The first-order valence-corrected chi connectivity index (χ1v) is 10.6. The Labute approximate surface area is 173 Å². The average molecular weight is 430 g/mol. The second-order valence-electron chi connectivity index (χ2n) is 6.34. The summed E-state index contributed by atoms with van der Waals surface area (Å²) in [7, 11) is 0. The fourth-order valence-corrected chi connectivity index (χ4v) is 4.63. The smallest absolute Gasteiger partial charge is 0.272 e. The number of hydrogen-bond donors (Lipinski definition) is 0. The van der Waals surface area contributed by atoms with E-state index in [0.29, 0.717) is 26.5 Å². The molecule has 0 saturated carbocycles. The number of hydrogen-bond acceptors (Lipinski definition) is 3. The van der Waals surface area contributed by atoms with Crippen LogP contribution in [0, 0.1) is 0 Å². The molecule has 3 nitrogen and oxygen atoms in total. The van der Waals surface area contributed by atoms with Gasteiger partial charge in [-0.15, -0.1) is 11.8 Å². The van der Waals surface area contributed by atoms with E-state index in [-0.39, 0.29) is 11.9 Å². The normalized spacial score (nSPS) is 17.4. The molecule has 26 heavy (non-hydrogen) atoms. The van der Waals surface area contributed by atoms with Crippen molar-refractivity contribution in [2.75, 3.05) is 6.54 Å². The molecule has 3 rings (SSSR count). The van der Waals surface area contributed by atoms with Crippen molar-refractivity contribution >= 4 is 52.5 Å². The maximum absolute atomic E-state index is 12.8. The summed E-state index contributed by atoms with van der Waals surface area (Å²) >= 11 is 19.8. The van der Waals surface area contributed by atoms with Gasteiger partial charge in [0.05, 0.1) is 20.8 Å². The Kier molecular flexibility index (Phi) is 6.73. The summed E-state index contributed by atoms with van der Waals surface area (Å²) in [6.45, 7) is 2.91. The van der Waals surface area contributed by atoms with Crippen LogP contribution in [-0.4, -0.2) is 28.4 Å². The lowest BCUT2D eigenvalue weighted by atomic mass is 10.0. The minimum atomic E-state index is 0.0108. The first-order valence-electron chi connectivity index (χ1n) is 8.50. The molecular formula is C19H19Cl3N2OS. The number of piperidine rings is 1. The predicted octanol–water partition coefficient (Wildman–Crippen LogP) is 6.35. The van der Waals surface area contributed by atoms with Crippen LogP contribution in [-0.2, 0) is 5.75 Å². The molecule has 1 atom stereocenters. The van der Waals surface area contributed by atoms with Crippen LogP contribution in [0.1, 0.15) is 42.4 Å². The fourth-order valence-electron chi connectivity index (χ4n) is 2.99. The molecule has 1 unspecified atom stereocenters. The molecule has 1 aliphatic rings. The molecule has 1 fully saturated rings. The van der Waals surface area contributed by atoms with Crippen molar-refractivity contribution in [3.8, 4) is 0 Å². The lowest BCUT2D eigenvalue weighted by Crippen LogP contribution is -2.42. The molecule has 1 aliphatic heterocycles. The van der Waals surface area contributed by atoms with Crippen LogP contribution in [0.4, 0.5) is 0 Å². The van der Waals surface area contributed by atoms with Gasteiger partial charge in [-0.05, 0) is 50.5 Å². The Hall–Kier alpha value is -0.940. The van der Waals surface area contributed by atoms with Crippen molar-refractivity contribution in [2.45, 2.75) is 42.9 Å². The van der Waals surface area contributed by atoms with E-state index in [0.717, 1.165) is 30.0 Å². The highest BCUT2D eigenvalue weighted by molar-refractivity contribution is 7.98. The Bertz CT molecular complexity index is 815. The standard InChI is InChI=1S/C19H19Cl3N2OS/c1-12-5-2-3-8-24(12)19(25)17-7-4-6-13(23-17)11-26-18-10-15(21)14(20)9-16(18)22/h4,6-7,9-10,12H,2-3,5,8,11H2,1H3. The van der Waals surface area contributed by atoms with E-state index in [1.807, 2.05) is 17.0 Å². The molecule has 2 heterocycles. The first kappa shape index (κ1) is 19.8. The van der Waals surface area contributed by atoms with Gasteiger partial charge in [0.25, 0.3) is 5.91 Å². The number of likely N-dealkylation sites (tertiary alicyclic amines) is 1. The summed E-state index contributed by atoms with van der Waals surface area (Å²) in [6.07, 6.45) is 3.29. The minimum Gasteiger partial charge on any atom is -0.335 e. The van der Waals surface area contributed by atoms with Gasteiger partial charge in [-0.25, -0.2) is 4.98 Å². The van der Waals surface area contributed by atoms with Crippen LogP contribution < -0.4 is 0 Å². The molecule has 1 amide bonds. The third-order valence-corrected chi connectivity index (χ3v) is 6.68. The number of aromatic nitrogens is 1. The summed E-state index contributed by atoms with van der Waals surface area (Å²) in [5, 5.41) is 1.45. The molecule has 138 valence electrons. The second-order valence-corrected chi connectivity index (χ2v) is 8.58. The number of thioether (sulfide) groups is 1. The Morgan fingerprint density at radius 3 is 2.73 bits per heavy atom. The van der Waals surface area contributed by atoms with Gasteiger partial charge in [0.15, 0.2) is 0 Å². The van der Waals surface area contributed by atoms with E-state index in [9.17, 15) is 4.79 Å². The third-order valence-electron chi connectivity index (χ3n) is 4.44. The topological polar surface area (TPSA) is 33.2 Å². The minimum absolute atomic E-state index is 0.0108. The summed E-state index contributed by atoms with van der Waals surface area (Å²) in [5.41, 5.74) is 1.32. The maximum Gasteiger partial charge on any atom is 0.272 e. The van der Waals surface area contributed by atoms with Crippen LogP contribution >= 0.6 is 46.6 Å². The molecule has 7 heteroatoms. The second kappa shape index (κ2) is 8.83. The van der Waals surface area contributed by atoms with E-state index in [4.69, 9.17) is 34.8 Å². The number of carbonyl (C=O) groups excluding carboxylic acids is 1. The van der Waals surface area contributed by atoms with Gasteiger partial charge in [-0.2, -0.15) is 0 Å². The van der Waals surface area contributed by atoms with Gasteiger partial charge in [0.2, 0.25) is 0 Å². The number of carbonyl (C=O) groups is 1. The van der Waals surface area contributed by atoms with Crippen LogP contribution in [0.25, 0.3) is 0 Å². The molecule has 0 spiro atoms. The molecule has 1 aromatic heterocycles. The Morgan fingerprint density at radius 2 is 1.96 bits per heavy atom. The summed E-state index contributed by atoms with van der Waals surface area (Å²) in [6, 6.07) is 9.23. The quantitative estimate of drug-likeness (QED) is 0.419. The molecule has 0 aliphatic carbocycles. The zero-order chi connectivity index (χ0) is 18.7. The molecule has 2 aromatic rings. The van der Waals surface area contributed by atoms with Gasteiger partial charge < -0.3 is 4.90 Å². The summed E-state index contributed by atoms with van der Waals surface area (Å²) in [4.78, 5) is 20.1. The van der Waals surface area contributed by atoms with E-state index >= 15 is 0 Å². The Balaban J connectivity index is 1.71. The van der Waals surface area contributed by atoms with Crippen molar-refractivity contribution in [2.24, 2.45) is 0 Å². The largest absolute Gasteiger partial charge is 0.335 e. The number of pyridine rings is 1. The van der Waals surface area contributed by atoms with Gasteiger partial charge >= 0.3 is 0 Å². The van der Waals surface area contributed by atoms with Gasteiger partial charge in [0, 0.05) is 23.2 Å². The van der Waals surface area contributed by atoms with E-state index in [1.165, 1.54) is 18.2 Å². The maximum atomic E-state index is 12.8. The lowest BCUT2D eigenvalue weighted by Gasteiger charge is -2.33. The number of benzene rings is 1. The number of amides is 1. The molecule has 1 saturated heterocycles. The van der Waals surface area contributed by atoms with Crippen molar-refractivity contribution in [1.29, 1.82) is 0 Å². The first-order chi connectivity index (χ1) is 12.5. The number of nitrogens with zero attached hydrogens (tertiary/aromatic N) is 2. The van der Waals surface area contributed by atoms with Crippen LogP contribution in [0.5, 0.6) is 0 Å². The SMILES string of the molecule is CC1CCCCN1C(=O)c1cccc(CSc2cc(Cl)c(Cl)cc2Cl)n1. The third kappa shape index (κ3) is 4.66. The monoisotopic (exact) mass is 428 g/mol. The zero-order valence-corrected chi connectivity index (χ0v) is 17.4. The number of halogens is 3. The van der Waals surface area contributed by atoms with Crippen LogP contribution in [0.3, 0.4) is 0 Å². The van der Waals surface area contributed by atoms with E-state index < -0.39 is 0 Å². The molecule has 0 bridgehead atoms. The Morgan fingerprint density at radius 1 is 1.19 bits per heavy atom. The van der Waals surface area contributed by atoms with Gasteiger partial charge in [-0.1, -0.05) is 40.9 Å². The van der Waals surface area contributed by atoms with Crippen molar-refractivity contribution < 1.29 is 4.79 Å². The summed E-state index contributed by atoms with van der Waals surface area (Å²) < 4.78 is 0. The van der Waals surface area contributed by atoms with Crippen molar-refractivity contribution in [1.82, 2.24) is 9.88 Å². The average Bonchev–Trinajstić information content (AvgIpc) is 2.64. The highest BCUT2D eigenvalue weighted by atomic mass is 35.5. The van der Waals surface area contributed by atoms with Crippen LogP contribution in [0.15, 0.2) is 35.2 Å².